The standard InChI is InChI=1S/C5H9IN2/c1-4(8-2)5(6)3-7/h3H,7H2,1-2H3. The van der Waals surface area contributed by atoms with Gasteiger partial charge in [-0.25, -0.2) is 0 Å². The van der Waals surface area contributed by atoms with Gasteiger partial charge in [-0.2, -0.15) is 0 Å². The molecule has 8 heavy (non-hydrogen) atoms. The van der Waals surface area contributed by atoms with Gasteiger partial charge in [-0.05, 0) is 29.5 Å². The van der Waals surface area contributed by atoms with Crippen molar-refractivity contribution in [3.05, 3.63) is 9.78 Å². The van der Waals surface area contributed by atoms with Crippen LogP contribution in [0.2, 0.25) is 0 Å². The molecular weight excluding hydrogens is 215 g/mol. The predicted octanol–water partition coefficient (Wildman–Crippen LogP) is 1.31. The lowest BCUT2D eigenvalue weighted by molar-refractivity contribution is 1.42. The van der Waals surface area contributed by atoms with E-state index in [9.17, 15) is 0 Å². The van der Waals surface area contributed by atoms with Gasteiger partial charge in [0, 0.05) is 22.5 Å². The average molecular weight is 224 g/mol. The zero-order valence-corrected chi connectivity index (χ0v) is 7.14. The quantitative estimate of drug-likeness (QED) is 0.529. The zero-order chi connectivity index (χ0) is 6.57. The Hall–Kier alpha value is -0.0600. The first-order chi connectivity index (χ1) is 3.72. The predicted molar refractivity (Wildman–Crippen MR) is 45.3 cm³/mol. The van der Waals surface area contributed by atoms with Crippen molar-refractivity contribution in [3.8, 4) is 0 Å². The van der Waals surface area contributed by atoms with E-state index in [4.69, 9.17) is 5.73 Å². The van der Waals surface area contributed by atoms with Crippen molar-refractivity contribution in [2.75, 3.05) is 7.05 Å². The third kappa shape index (κ3) is 2.30. The average Bonchev–Trinajstić information content (AvgIpc) is 1.84. The molecule has 0 heterocycles. The fourth-order valence-electron chi connectivity index (χ4n) is 0.227. The van der Waals surface area contributed by atoms with E-state index >= 15 is 0 Å². The van der Waals surface area contributed by atoms with E-state index in [0.29, 0.717) is 0 Å². The van der Waals surface area contributed by atoms with Crippen molar-refractivity contribution in [1.82, 2.24) is 0 Å². The first-order valence-corrected chi connectivity index (χ1v) is 3.31. The minimum Gasteiger partial charge on any atom is -0.404 e. The van der Waals surface area contributed by atoms with Gasteiger partial charge in [-0.1, -0.05) is 0 Å². The van der Waals surface area contributed by atoms with Crippen molar-refractivity contribution in [2.24, 2.45) is 10.7 Å². The van der Waals surface area contributed by atoms with Gasteiger partial charge in [0.2, 0.25) is 0 Å². The summed E-state index contributed by atoms with van der Waals surface area (Å²) in [5.41, 5.74) is 6.18. The topological polar surface area (TPSA) is 38.4 Å². The van der Waals surface area contributed by atoms with E-state index in [1.807, 2.05) is 6.92 Å². The highest BCUT2D eigenvalue weighted by Crippen LogP contribution is 2.04. The number of aliphatic imine (C=N–C) groups is 1. The Morgan fingerprint density at radius 1 is 1.75 bits per heavy atom. The number of hydrogen-bond donors (Lipinski definition) is 1. The molecule has 0 radical (unpaired) electrons. The first kappa shape index (κ1) is 7.94. The van der Waals surface area contributed by atoms with Crippen LogP contribution in [0.3, 0.4) is 0 Å². The third-order valence-electron chi connectivity index (χ3n) is 0.827. The Labute approximate surface area is 63.0 Å². The highest BCUT2D eigenvalue weighted by molar-refractivity contribution is 14.1. The van der Waals surface area contributed by atoms with Crippen LogP contribution in [0.15, 0.2) is 14.8 Å². The van der Waals surface area contributed by atoms with E-state index in [2.05, 4.69) is 27.6 Å². The Balaban J connectivity index is 4.04. The van der Waals surface area contributed by atoms with Crippen molar-refractivity contribution in [2.45, 2.75) is 6.92 Å². The smallest absolute Gasteiger partial charge is 0.0492 e. The first-order valence-electron chi connectivity index (χ1n) is 2.23. The molecule has 0 aliphatic heterocycles. The van der Waals surface area contributed by atoms with Gasteiger partial charge in [-0.3, -0.25) is 4.99 Å². The molecule has 0 saturated carbocycles. The van der Waals surface area contributed by atoms with Crippen LogP contribution >= 0.6 is 22.6 Å². The van der Waals surface area contributed by atoms with Gasteiger partial charge in [-0.15, -0.1) is 0 Å². The van der Waals surface area contributed by atoms with E-state index < -0.39 is 0 Å². The summed E-state index contributed by atoms with van der Waals surface area (Å²) in [5, 5.41) is 0. The lowest BCUT2D eigenvalue weighted by Crippen LogP contribution is -1.92. The minimum absolute atomic E-state index is 0.980. The summed E-state index contributed by atoms with van der Waals surface area (Å²) in [5.74, 6) is 0. The van der Waals surface area contributed by atoms with Crippen LogP contribution in [0.4, 0.5) is 0 Å². The summed E-state index contributed by atoms with van der Waals surface area (Å²) < 4.78 is 1.00. The maximum atomic E-state index is 5.20. The molecule has 0 aromatic heterocycles. The molecule has 46 valence electrons. The Kier molecular flexibility index (Phi) is 3.85. The molecule has 2 N–H and O–H groups in total. The lowest BCUT2D eigenvalue weighted by Gasteiger charge is -1.91. The molecule has 0 unspecified atom stereocenters. The monoisotopic (exact) mass is 224 g/mol. The third-order valence-corrected chi connectivity index (χ3v) is 1.97. The second-order valence-corrected chi connectivity index (χ2v) is 2.49. The van der Waals surface area contributed by atoms with Crippen LogP contribution in [0.5, 0.6) is 0 Å². The van der Waals surface area contributed by atoms with Crippen LogP contribution in [-0.4, -0.2) is 12.8 Å². The molecule has 0 fully saturated rings. The summed E-state index contributed by atoms with van der Waals surface area (Å²) in [6.45, 7) is 1.92. The van der Waals surface area contributed by atoms with E-state index in [1.165, 1.54) is 0 Å². The van der Waals surface area contributed by atoms with Gasteiger partial charge in [0.25, 0.3) is 0 Å². The molecule has 0 amide bonds. The normalized spacial score (nSPS) is 14.4. The molecule has 0 spiro atoms. The summed E-state index contributed by atoms with van der Waals surface area (Å²) in [6.07, 6.45) is 1.54. The van der Waals surface area contributed by atoms with E-state index in [-0.39, 0.29) is 0 Å². The number of nitrogens with two attached hydrogens (primary N) is 1. The molecule has 0 aliphatic rings. The summed E-state index contributed by atoms with van der Waals surface area (Å²) in [4.78, 5) is 3.92. The molecule has 0 atom stereocenters. The summed E-state index contributed by atoms with van der Waals surface area (Å²) in [6, 6.07) is 0. The Morgan fingerprint density at radius 2 is 2.25 bits per heavy atom. The zero-order valence-electron chi connectivity index (χ0n) is 4.98. The van der Waals surface area contributed by atoms with Crippen molar-refractivity contribution >= 4 is 28.3 Å². The Bertz CT molecular complexity index is 110. The van der Waals surface area contributed by atoms with Crippen LogP contribution in [0, 0.1) is 0 Å². The number of rotatable bonds is 1. The lowest BCUT2D eigenvalue weighted by atomic mass is 10.4. The minimum atomic E-state index is 0.980. The largest absolute Gasteiger partial charge is 0.404 e. The van der Waals surface area contributed by atoms with Crippen molar-refractivity contribution in [3.63, 3.8) is 0 Å². The molecule has 0 aromatic carbocycles. The Morgan fingerprint density at radius 3 is 2.38 bits per heavy atom. The van der Waals surface area contributed by atoms with Crippen LogP contribution in [-0.2, 0) is 0 Å². The fraction of sp³-hybridized carbons (Fsp3) is 0.400. The van der Waals surface area contributed by atoms with Gasteiger partial charge < -0.3 is 5.73 Å². The fourth-order valence-corrected chi connectivity index (χ4v) is 0.469. The van der Waals surface area contributed by atoms with Crippen molar-refractivity contribution in [1.29, 1.82) is 0 Å². The maximum Gasteiger partial charge on any atom is 0.0492 e. The van der Waals surface area contributed by atoms with Crippen LogP contribution in [0.25, 0.3) is 0 Å². The van der Waals surface area contributed by atoms with Gasteiger partial charge >= 0.3 is 0 Å². The van der Waals surface area contributed by atoms with E-state index in [1.54, 1.807) is 13.2 Å². The molecule has 2 nitrogen and oxygen atoms in total. The number of allylic oxidation sites excluding steroid dienone is 1. The van der Waals surface area contributed by atoms with Gasteiger partial charge in [0.1, 0.15) is 0 Å². The molecule has 0 aliphatic carbocycles. The van der Waals surface area contributed by atoms with Gasteiger partial charge in [0.15, 0.2) is 0 Å². The highest BCUT2D eigenvalue weighted by atomic mass is 127. The number of halogens is 1. The van der Waals surface area contributed by atoms with E-state index in [0.717, 1.165) is 9.29 Å². The molecule has 0 bridgehead atoms. The summed E-state index contributed by atoms with van der Waals surface area (Å²) >= 11 is 2.14. The summed E-state index contributed by atoms with van der Waals surface area (Å²) in [7, 11) is 1.75. The van der Waals surface area contributed by atoms with Crippen LogP contribution in [0.1, 0.15) is 6.92 Å². The SMILES string of the molecule is CN=C(C)C(I)=CN. The van der Waals surface area contributed by atoms with Crippen LogP contribution < -0.4 is 5.73 Å². The van der Waals surface area contributed by atoms with Gasteiger partial charge in [0.05, 0.1) is 0 Å². The van der Waals surface area contributed by atoms with Crippen molar-refractivity contribution < 1.29 is 0 Å². The second-order valence-electron chi connectivity index (χ2n) is 1.32. The molecule has 0 saturated heterocycles. The maximum absolute atomic E-state index is 5.20. The highest BCUT2D eigenvalue weighted by Gasteiger charge is 1.90. The number of nitrogens with zero attached hydrogens (tertiary/aromatic N) is 1. The second kappa shape index (κ2) is 3.88. The number of hydrogen-bond acceptors (Lipinski definition) is 2. The molecule has 3 heteroatoms. The molecular formula is C5H9IN2. The molecule has 0 aromatic rings. The molecule has 0 rings (SSSR count).